The molecule has 0 unspecified atom stereocenters. The monoisotopic (exact) mass is 280 g/mol. The van der Waals surface area contributed by atoms with Gasteiger partial charge in [-0.05, 0) is 36.6 Å². The van der Waals surface area contributed by atoms with E-state index in [1.54, 1.807) is 6.08 Å². The molecule has 0 saturated heterocycles. The summed E-state index contributed by atoms with van der Waals surface area (Å²) >= 11 is 13.4. The van der Waals surface area contributed by atoms with E-state index in [1.165, 1.54) is 0 Å². The van der Waals surface area contributed by atoms with Crippen molar-refractivity contribution in [3.63, 3.8) is 0 Å². The van der Waals surface area contributed by atoms with Gasteiger partial charge in [-0.25, -0.2) is 0 Å². The predicted molar refractivity (Wildman–Crippen MR) is 85.9 cm³/mol. The largest absolute Gasteiger partial charge is 0.143 e. The number of hydrogen-bond donors (Lipinski definition) is 3. The number of thiol groups is 3. The fraction of sp³-hybridized carbons (Fsp3) is 0.143. The van der Waals surface area contributed by atoms with Gasteiger partial charge in [-0.1, -0.05) is 30.9 Å². The molecule has 0 bridgehead atoms. The van der Waals surface area contributed by atoms with Crippen molar-refractivity contribution < 1.29 is 0 Å². The highest BCUT2D eigenvalue weighted by Gasteiger charge is 2.11. The summed E-state index contributed by atoms with van der Waals surface area (Å²) in [5.41, 5.74) is 3.28. The first-order valence-electron chi connectivity index (χ1n) is 5.23. The highest BCUT2D eigenvalue weighted by molar-refractivity contribution is 7.83. The fourth-order valence-electron chi connectivity index (χ4n) is 1.59. The Hall–Kier alpha value is -0.510. The van der Waals surface area contributed by atoms with Gasteiger partial charge in [0.15, 0.2) is 0 Å². The Morgan fingerprint density at radius 1 is 1.24 bits per heavy atom. The van der Waals surface area contributed by atoms with Crippen LogP contribution in [0.15, 0.2) is 51.6 Å². The number of benzene rings is 1. The average Bonchev–Trinajstić information content (AvgIpc) is 2.31. The molecule has 0 atom stereocenters. The number of hydrogen-bond acceptors (Lipinski definition) is 3. The van der Waals surface area contributed by atoms with Crippen LogP contribution in [0.1, 0.15) is 18.1 Å². The van der Waals surface area contributed by atoms with Gasteiger partial charge in [0.1, 0.15) is 0 Å². The van der Waals surface area contributed by atoms with Crippen LogP contribution < -0.4 is 0 Å². The molecule has 0 nitrogen and oxygen atoms in total. The molecule has 1 rings (SSSR count). The molecule has 0 aliphatic carbocycles. The normalized spacial score (nSPS) is 12.2. The van der Waals surface area contributed by atoms with Gasteiger partial charge in [0.2, 0.25) is 0 Å². The summed E-state index contributed by atoms with van der Waals surface area (Å²) in [6.45, 7) is 7.71. The van der Waals surface area contributed by atoms with Gasteiger partial charge in [0, 0.05) is 14.7 Å². The van der Waals surface area contributed by atoms with E-state index in [0.717, 1.165) is 31.4 Å². The van der Waals surface area contributed by atoms with Crippen molar-refractivity contribution >= 4 is 43.5 Å². The molecule has 0 aliphatic rings. The van der Waals surface area contributed by atoms with Crippen LogP contribution in [0, 0.1) is 6.92 Å². The maximum Gasteiger partial charge on any atom is 0.0256 e. The molecule has 0 N–H and O–H groups in total. The Kier molecular flexibility index (Phi) is 5.50. The van der Waals surface area contributed by atoms with Gasteiger partial charge in [-0.3, -0.25) is 0 Å². The minimum Gasteiger partial charge on any atom is -0.143 e. The van der Waals surface area contributed by atoms with Gasteiger partial charge in [0.05, 0.1) is 0 Å². The average molecular weight is 280 g/mol. The molecule has 0 aromatic heterocycles. The van der Waals surface area contributed by atoms with Crippen LogP contribution in [0.5, 0.6) is 0 Å². The van der Waals surface area contributed by atoms with E-state index in [-0.39, 0.29) is 0 Å². The summed E-state index contributed by atoms with van der Waals surface area (Å²) in [6.07, 6.45) is 7.71. The van der Waals surface area contributed by atoms with E-state index in [2.05, 4.69) is 44.5 Å². The lowest BCUT2D eigenvalue weighted by Crippen LogP contribution is -1.92. The van der Waals surface area contributed by atoms with Crippen molar-refractivity contribution in [2.75, 3.05) is 0 Å². The minimum atomic E-state index is 0.838. The smallest absolute Gasteiger partial charge is 0.0256 e. The second-order valence-electron chi connectivity index (χ2n) is 3.60. The molecule has 0 spiro atoms. The Labute approximate surface area is 120 Å². The van der Waals surface area contributed by atoms with E-state index in [1.807, 2.05) is 38.1 Å². The van der Waals surface area contributed by atoms with Gasteiger partial charge in [-0.15, -0.1) is 37.9 Å². The first-order chi connectivity index (χ1) is 8.02. The first kappa shape index (κ1) is 14.6. The Morgan fingerprint density at radius 3 is 2.41 bits per heavy atom. The van der Waals surface area contributed by atoms with Gasteiger partial charge >= 0.3 is 0 Å². The highest BCUT2D eigenvalue weighted by Crippen LogP contribution is 2.35. The zero-order valence-electron chi connectivity index (χ0n) is 9.94. The van der Waals surface area contributed by atoms with Crippen molar-refractivity contribution in [3.05, 3.63) is 48.1 Å². The number of rotatable bonds is 3. The Balaban J connectivity index is 3.48. The molecule has 0 fully saturated rings. The SMILES string of the molecule is C=C/C=C\C(=C/C)c1c(C)c(S)cc(S)c1S. The Morgan fingerprint density at radius 2 is 1.88 bits per heavy atom. The molecular weight excluding hydrogens is 264 g/mol. The molecular formula is C14H16S3. The van der Waals surface area contributed by atoms with E-state index in [0.29, 0.717) is 0 Å². The van der Waals surface area contributed by atoms with Gasteiger partial charge in [0.25, 0.3) is 0 Å². The van der Waals surface area contributed by atoms with Crippen LogP contribution in [-0.2, 0) is 0 Å². The molecule has 1 aromatic carbocycles. The molecule has 0 amide bonds. The third kappa shape index (κ3) is 3.24. The maximum atomic E-state index is 4.53. The van der Waals surface area contributed by atoms with Crippen LogP contribution in [0.3, 0.4) is 0 Å². The lowest BCUT2D eigenvalue weighted by atomic mass is 9.99. The summed E-state index contributed by atoms with van der Waals surface area (Å²) in [6, 6.07) is 1.91. The second-order valence-corrected chi connectivity index (χ2v) is 5.01. The lowest BCUT2D eigenvalue weighted by molar-refractivity contribution is 1.12. The van der Waals surface area contributed by atoms with Crippen LogP contribution in [0.4, 0.5) is 0 Å². The summed E-state index contributed by atoms with van der Waals surface area (Å²) in [5.74, 6) is 0. The summed E-state index contributed by atoms with van der Waals surface area (Å²) in [5, 5.41) is 0. The predicted octanol–water partition coefficient (Wildman–Crippen LogP) is 5.01. The summed E-state index contributed by atoms with van der Waals surface area (Å²) in [7, 11) is 0. The molecule has 17 heavy (non-hydrogen) atoms. The van der Waals surface area contributed by atoms with Gasteiger partial charge in [-0.2, -0.15) is 0 Å². The molecule has 0 saturated carbocycles. The van der Waals surface area contributed by atoms with Crippen molar-refractivity contribution in [1.82, 2.24) is 0 Å². The van der Waals surface area contributed by atoms with Crippen LogP contribution in [0.25, 0.3) is 5.57 Å². The zero-order chi connectivity index (χ0) is 13.0. The maximum absolute atomic E-state index is 4.53. The van der Waals surface area contributed by atoms with E-state index >= 15 is 0 Å². The lowest BCUT2D eigenvalue weighted by Gasteiger charge is -2.14. The third-order valence-electron chi connectivity index (χ3n) is 2.52. The quantitative estimate of drug-likeness (QED) is 0.503. The second kappa shape index (κ2) is 6.43. The minimum absolute atomic E-state index is 0.838. The van der Waals surface area contributed by atoms with E-state index in [4.69, 9.17) is 0 Å². The molecule has 90 valence electrons. The van der Waals surface area contributed by atoms with Crippen LogP contribution in [0.2, 0.25) is 0 Å². The summed E-state index contributed by atoms with van der Waals surface area (Å²) in [4.78, 5) is 2.64. The zero-order valence-corrected chi connectivity index (χ0v) is 12.6. The van der Waals surface area contributed by atoms with Crippen molar-refractivity contribution in [1.29, 1.82) is 0 Å². The first-order valence-corrected chi connectivity index (χ1v) is 6.57. The van der Waals surface area contributed by atoms with E-state index < -0.39 is 0 Å². The van der Waals surface area contributed by atoms with Gasteiger partial charge < -0.3 is 0 Å². The number of allylic oxidation sites excluding steroid dienone is 5. The highest BCUT2D eigenvalue weighted by atomic mass is 32.1. The molecule has 0 heterocycles. The van der Waals surface area contributed by atoms with Crippen molar-refractivity contribution in [2.45, 2.75) is 28.5 Å². The molecule has 0 radical (unpaired) electrons. The van der Waals surface area contributed by atoms with Crippen molar-refractivity contribution in [2.24, 2.45) is 0 Å². The molecule has 0 aliphatic heterocycles. The molecule has 3 heteroatoms. The molecule has 1 aromatic rings. The third-order valence-corrected chi connectivity index (χ3v) is 3.98. The van der Waals surface area contributed by atoms with Crippen LogP contribution in [-0.4, -0.2) is 0 Å². The summed E-state index contributed by atoms with van der Waals surface area (Å²) < 4.78 is 0. The van der Waals surface area contributed by atoms with Crippen molar-refractivity contribution in [3.8, 4) is 0 Å². The fourth-order valence-corrected chi connectivity index (χ4v) is 2.53. The van der Waals surface area contributed by atoms with E-state index in [9.17, 15) is 0 Å². The Bertz CT molecular complexity index is 470. The van der Waals surface area contributed by atoms with Crippen LogP contribution >= 0.6 is 37.9 Å². The topological polar surface area (TPSA) is 0 Å². The standard InChI is InChI=1S/C14H16S3/c1-4-6-7-10(5-2)13-9(3)11(15)8-12(16)14(13)17/h4-8,15-17H,1H2,2-3H3/b7-6-,10-5+.